The fraction of sp³-hybridized carbons (Fsp3) is 0.933. The van der Waals surface area contributed by atoms with Crippen molar-refractivity contribution in [3.05, 3.63) is 0 Å². The summed E-state index contributed by atoms with van der Waals surface area (Å²) in [5.41, 5.74) is -0.566. The summed E-state index contributed by atoms with van der Waals surface area (Å²) in [6, 6.07) is 0. The van der Waals surface area contributed by atoms with Crippen molar-refractivity contribution in [3.8, 4) is 0 Å². The first kappa shape index (κ1) is 19.8. The molecule has 0 fully saturated rings. The minimum Gasteiger partial charge on any atom is -0.550 e. The molecule has 3 nitrogen and oxygen atoms in total. The molecule has 0 amide bonds. The fourth-order valence-corrected chi connectivity index (χ4v) is 1.92. The van der Waals surface area contributed by atoms with Crippen molar-refractivity contribution in [1.29, 1.82) is 0 Å². The van der Waals surface area contributed by atoms with Gasteiger partial charge in [0.25, 0.3) is 0 Å². The lowest BCUT2D eigenvalue weighted by Crippen LogP contribution is -2.29. The highest BCUT2D eigenvalue weighted by Gasteiger charge is 2.13. The molecule has 3 heteroatoms. The lowest BCUT2D eigenvalue weighted by molar-refractivity contribution is -0.311. The van der Waals surface area contributed by atoms with Gasteiger partial charge in [0.05, 0.1) is 5.60 Å². The van der Waals surface area contributed by atoms with Crippen LogP contribution in [0.25, 0.3) is 0 Å². The van der Waals surface area contributed by atoms with Gasteiger partial charge in [-0.2, -0.15) is 0 Å². The Bertz CT molecular complexity index is 218. The molecule has 18 heavy (non-hydrogen) atoms. The molecule has 0 aliphatic heterocycles. The number of carboxylic acid groups (broad SMARTS) is 1. The van der Waals surface area contributed by atoms with Crippen LogP contribution in [0.15, 0.2) is 0 Å². The van der Waals surface area contributed by atoms with Gasteiger partial charge in [-0.1, -0.05) is 47.0 Å². The average Bonchev–Trinajstić information content (AvgIpc) is 2.15. The quantitative estimate of drug-likeness (QED) is 0.692. The van der Waals surface area contributed by atoms with Gasteiger partial charge in [0.1, 0.15) is 0 Å². The zero-order valence-corrected chi connectivity index (χ0v) is 11.7. The van der Waals surface area contributed by atoms with Crippen molar-refractivity contribution in [3.63, 3.8) is 0 Å². The molecule has 2 unspecified atom stereocenters. The van der Waals surface area contributed by atoms with E-state index in [1.165, 1.54) is 0 Å². The second-order valence-corrected chi connectivity index (χ2v) is 5.96. The fourth-order valence-electron chi connectivity index (χ4n) is 1.92. The molecule has 0 spiro atoms. The SMILES string of the molecule is C.CC(CCCC(C)C(=O)[O-])CCCC(C)(C)O. The molecular formula is C15H31O3-. The van der Waals surface area contributed by atoms with Crippen molar-refractivity contribution in [2.24, 2.45) is 11.8 Å². The normalized spacial score (nSPS) is 14.7. The molecule has 0 aliphatic carbocycles. The third kappa shape index (κ3) is 11.9. The van der Waals surface area contributed by atoms with Gasteiger partial charge in [-0.15, -0.1) is 0 Å². The minimum absolute atomic E-state index is 0. The van der Waals surface area contributed by atoms with Crippen LogP contribution in [0.3, 0.4) is 0 Å². The number of carbonyl (C=O) groups excluding carboxylic acids is 1. The first-order valence-electron chi connectivity index (χ1n) is 6.65. The molecule has 110 valence electrons. The molecule has 0 saturated heterocycles. The van der Waals surface area contributed by atoms with E-state index in [0.29, 0.717) is 12.3 Å². The van der Waals surface area contributed by atoms with Crippen LogP contribution in [0.1, 0.15) is 73.6 Å². The van der Waals surface area contributed by atoms with Crippen LogP contribution >= 0.6 is 0 Å². The Morgan fingerprint density at radius 1 is 1.17 bits per heavy atom. The zero-order valence-electron chi connectivity index (χ0n) is 11.7. The first-order chi connectivity index (χ1) is 7.72. The third-order valence-electron chi connectivity index (χ3n) is 3.22. The number of hydrogen-bond donors (Lipinski definition) is 1. The van der Waals surface area contributed by atoms with E-state index in [9.17, 15) is 15.0 Å². The second-order valence-electron chi connectivity index (χ2n) is 5.96. The number of hydrogen-bond acceptors (Lipinski definition) is 3. The molecule has 0 radical (unpaired) electrons. The number of carbonyl (C=O) groups is 1. The van der Waals surface area contributed by atoms with Crippen LogP contribution in [0.2, 0.25) is 0 Å². The highest BCUT2D eigenvalue weighted by Crippen LogP contribution is 2.20. The van der Waals surface area contributed by atoms with Gasteiger partial charge in [-0.25, -0.2) is 0 Å². The molecule has 0 rings (SSSR count). The third-order valence-corrected chi connectivity index (χ3v) is 3.22. The number of aliphatic carboxylic acids is 1. The van der Waals surface area contributed by atoms with E-state index in [4.69, 9.17) is 0 Å². The van der Waals surface area contributed by atoms with Crippen LogP contribution in [-0.2, 0) is 4.79 Å². The van der Waals surface area contributed by atoms with E-state index in [0.717, 1.165) is 32.1 Å². The number of rotatable bonds is 9. The largest absolute Gasteiger partial charge is 0.550 e. The van der Waals surface area contributed by atoms with Gasteiger partial charge in [0.2, 0.25) is 0 Å². The molecule has 0 saturated carbocycles. The van der Waals surface area contributed by atoms with E-state index in [2.05, 4.69) is 6.92 Å². The van der Waals surface area contributed by atoms with Gasteiger partial charge in [-0.05, 0) is 38.5 Å². The van der Waals surface area contributed by atoms with Crippen molar-refractivity contribution in [1.82, 2.24) is 0 Å². The summed E-state index contributed by atoms with van der Waals surface area (Å²) in [6.45, 7) is 7.56. The van der Waals surface area contributed by atoms with Gasteiger partial charge in [0, 0.05) is 5.97 Å². The minimum atomic E-state index is -0.945. The summed E-state index contributed by atoms with van der Waals surface area (Å²) < 4.78 is 0. The summed E-state index contributed by atoms with van der Waals surface area (Å²) in [5.74, 6) is -0.676. The Hall–Kier alpha value is -0.570. The van der Waals surface area contributed by atoms with Gasteiger partial charge in [0.15, 0.2) is 0 Å². The zero-order chi connectivity index (χ0) is 13.5. The molecule has 0 aromatic carbocycles. The predicted molar refractivity (Wildman–Crippen MR) is 74.1 cm³/mol. The first-order valence-corrected chi connectivity index (χ1v) is 6.65. The monoisotopic (exact) mass is 259 g/mol. The van der Waals surface area contributed by atoms with Crippen LogP contribution in [0.5, 0.6) is 0 Å². The summed E-state index contributed by atoms with van der Waals surface area (Å²) in [7, 11) is 0. The lowest BCUT2D eigenvalue weighted by Gasteiger charge is -2.19. The number of aliphatic hydroxyl groups is 1. The van der Waals surface area contributed by atoms with Crippen molar-refractivity contribution in [2.45, 2.75) is 79.2 Å². The maximum Gasteiger partial charge on any atom is 0.0591 e. The smallest absolute Gasteiger partial charge is 0.0591 e. The van der Waals surface area contributed by atoms with Crippen LogP contribution in [-0.4, -0.2) is 16.7 Å². The van der Waals surface area contributed by atoms with Gasteiger partial charge in [-0.3, -0.25) is 0 Å². The van der Waals surface area contributed by atoms with Crippen molar-refractivity contribution in [2.75, 3.05) is 0 Å². The summed E-state index contributed by atoms with van der Waals surface area (Å²) >= 11 is 0. The van der Waals surface area contributed by atoms with E-state index >= 15 is 0 Å². The van der Waals surface area contributed by atoms with Gasteiger partial charge >= 0.3 is 0 Å². The molecule has 0 bridgehead atoms. The van der Waals surface area contributed by atoms with E-state index in [-0.39, 0.29) is 13.3 Å². The molecule has 0 aliphatic rings. The molecule has 2 atom stereocenters. The van der Waals surface area contributed by atoms with Crippen molar-refractivity contribution < 1.29 is 15.0 Å². The standard InChI is InChI=1S/C14H28O3.CH4/c1-11(8-6-10-14(3,4)17)7-5-9-12(2)13(15)16;/h11-12,17H,5-10H2,1-4H3,(H,15,16);1H4/p-1. The Morgan fingerprint density at radius 2 is 1.67 bits per heavy atom. The molecular weight excluding hydrogens is 228 g/mol. The summed E-state index contributed by atoms with van der Waals surface area (Å²) in [6.07, 6.45) is 5.66. The van der Waals surface area contributed by atoms with E-state index in [1.54, 1.807) is 6.92 Å². The van der Waals surface area contributed by atoms with Crippen LogP contribution < -0.4 is 5.11 Å². The Kier molecular flexibility index (Phi) is 10.3. The van der Waals surface area contributed by atoms with E-state index in [1.807, 2.05) is 13.8 Å². The highest BCUT2D eigenvalue weighted by molar-refractivity contribution is 5.66. The Balaban J connectivity index is 0. The number of carboxylic acids is 1. The molecule has 0 aromatic heterocycles. The molecule has 0 aromatic rings. The van der Waals surface area contributed by atoms with Gasteiger partial charge < -0.3 is 15.0 Å². The summed E-state index contributed by atoms with van der Waals surface area (Å²) in [4.78, 5) is 10.5. The Labute approximate surface area is 113 Å². The molecule has 0 heterocycles. The Morgan fingerprint density at radius 3 is 2.11 bits per heavy atom. The topological polar surface area (TPSA) is 60.4 Å². The van der Waals surface area contributed by atoms with Crippen LogP contribution in [0.4, 0.5) is 0 Å². The van der Waals surface area contributed by atoms with Crippen LogP contribution in [0, 0.1) is 11.8 Å². The lowest BCUT2D eigenvalue weighted by atomic mass is 9.92. The van der Waals surface area contributed by atoms with E-state index < -0.39 is 11.6 Å². The van der Waals surface area contributed by atoms with Crippen molar-refractivity contribution >= 4 is 5.97 Å². The summed E-state index contributed by atoms with van der Waals surface area (Å²) in [5, 5.41) is 20.1. The second kappa shape index (κ2) is 9.37. The highest BCUT2D eigenvalue weighted by atomic mass is 16.4. The maximum atomic E-state index is 10.5. The predicted octanol–water partition coefficient (Wildman–Crippen LogP) is 2.76. The average molecular weight is 259 g/mol. The maximum absolute atomic E-state index is 10.5. The molecule has 1 N–H and O–H groups in total.